The molecule has 2 saturated carbocycles. The molecule has 2 aliphatic carbocycles. The lowest BCUT2D eigenvalue weighted by Crippen LogP contribution is -2.64. The van der Waals surface area contributed by atoms with Gasteiger partial charge in [-0.25, -0.2) is 9.59 Å². The normalized spacial score (nSPS) is 37.3. The lowest BCUT2D eigenvalue weighted by Gasteiger charge is -2.46. The largest absolute Gasteiger partial charge is 0.479 e. The Morgan fingerprint density at radius 2 is 1.81 bits per heavy atom. The van der Waals surface area contributed by atoms with E-state index in [9.17, 15) is 14.7 Å². The third-order valence-electron chi connectivity index (χ3n) is 6.01. The molecule has 0 unspecified atom stereocenters. The van der Waals surface area contributed by atoms with Crippen LogP contribution in [0.3, 0.4) is 0 Å². The lowest BCUT2D eigenvalue weighted by molar-refractivity contribution is -0.152. The molecule has 2 bridgehead atoms. The van der Waals surface area contributed by atoms with Gasteiger partial charge in [0.15, 0.2) is 0 Å². The zero-order valence-corrected chi connectivity index (χ0v) is 13.9. The average molecular weight is 297 g/mol. The van der Waals surface area contributed by atoms with Crippen molar-refractivity contribution in [3.63, 3.8) is 0 Å². The van der Waals surface area contributed by atoms with Crippen molar-refractivity contribution in [1.82, 2.24) is 5.32 Å². The minimum Gasteiger partial charge on any atom is -0.479 e. The SMILES string of the molecule is CC(C)(C)OC(=O)N[C@]1(C(=O)O)C[C@H]2CC[C@]1(C)C2(C)C. The third kappa shape index (κ3) is 2.12. The second-order valence-corrected chi connectivity index (χ2v) is 8.33. The minimum absolute atomic E-state index is 0.111. The zero-order chi connectivity index (χ0) is 16.3. The molecule has 0 aromatic carbocycles. The molecule has 2 aliphatic rings. The summed E-state index contributed by atoms with van der Waals surface area (Å²) in [4.78, 5) is 24.2. The third-order valence-corrected chi connectivity index (χ3v) is 6.01. The van der Waals surface area contributed by atoms with E-state index in [0.717, 1.165) is 12.8 Å². The maximum atomic E-state index is 12.2. The molecular formula is C16H27NO4. The predicted octanol–water partition coefficient (Wildman–Crippen LogP) is 3.18. The molecule has 21 heavy (non-hydrogen) atoms. The summed E-state index contributed by atoms with van der Waals surface area (Å²) in [5.74, 6) is -0.639. The number of amides is 1. The highest BCUT2D eigenvalue weighted by molar-refractivity contribution is 5.86. The number of rotatable bonds is 2. The van der Waals surface area contributed by atoms with E-state index in [1.807, 2.05) is 6.92 Å². The number of aliphatic carboxylic acids is 1. The summed E-state index contributed by atoms with van der Waals surface area (Å²) in [6.45, 7) is 11.5. The molecular weight excluding hydrogens is 270 g/mol. The molecule has 0 saturated heterocycles. The predicted molar refractivity (Wildman–Crippen MR) is 79.0 cm³/mol. The van der Waals surface area contributed by atoms with Crippen LogP contribution in [0.4, 0.5) is 4.79 Å². The summed E-state index contributed by atoms with van der Waals surface area (Å²) in [6, 6.07) is 0. The lowest BCUT2D eigenvalue weighted by atomic mass is 9.63. The van der Waals surface area contributed by atoms with E-state index in [0.29, 0.717) is 12.3 Å². The number of carboxylic acids is 1. The molecule has 1 amide bonds. The summed E-state index contributed by atoms with van der Waals surface area (Å²) in [5, 5.41) is 12.6. The highest BCUT2D eigenvalue weighted by atomic mass is 16.6. The van der Waals surface area contributed by atoms with Crippen LogP contribution in [-0.4, -0.2) is 28.3 Å². The number of carbonyl (C=O) groups is 2. The van der Waals surface area contributed by atoms with Gasteiger partial charge < -0.3 is 15.2 Å². The van der Waals surface area contributed by atoms with E-state index in [-0.39, 0.29) is 5.41 Å². The number of carboxylic acid groups (broad SMARTS) is 1. The number of fused-ring (bicyclic) bond motifs is 2. The molecule has 3 atom stereocenters. The number of ether oxygens (including phenoxy) is 1. The van der Waals surface area contributed by atoms with Gasteiger partial charge in [-0.1, -0.05) is 20.8 Å². The molecule has 0 heterocycles. The topological polar surface area (TPSA) is 75.6 Å². The van der Waals surface area contributed by atoms with E-state index in [1.165, 1.54) is 0 Å². The molecule has 120 valence electrons. The van der Waals surface area contributed by atoms with Crippen molar-refractivity contribution in [3.8, 4) is 0 Å². The Morgan fingerprint density at radius 3 is 2.14 bits per heavy atom. The van der Waals surface area contributed by atoms with Gasteiger partial charge in [-0.2, -0.15) is 0 Å². The Hall–Kier alpha value is -1.26. The van der Waals surface area contributed by atoms with Crippen LogP contribution in [0.25, 0.3) is 0 Å². The fraction of sp³-hybridized carbons (Fsp3) is 0.875. The second-order valence-electron chi connectivity index (χ2n) is 8.33. The van der Waals surface area contributed by atoms with Crippen LogP contribution < -0.4 is 5.32 Å². The van der Waals surface area contributed by atoms with E-state index in [4.69, 9.17) is 4.74 Å². The van der Waals surface area contributed by atoms with Crippen molar-refractivity contribution in [2.45, 2.75) is 71.9 Å². The monoisotopic (exact) mass is 297 g/mol. The molecule has 0 spiro atoms. The Balaban J connectivity index is 2.33. The standard InChI is InChI=1S/C16H27NO4/c1-13(2,3)21-12(20)17-16(11(18)19)9-10-7-8-15(16,6)14(10,4)5/h10H,7-9H2,1-6H3,(H,17,20)(H,18,19)/t10-,15-,16+/m1/s1. The van der Waals surface area contributed by atoms with Crippen LogP contribution >= 0.6 is 0 Å². The first-order valence-corrected chi connectivity index (χ1v) is 7.60. The summed E-state index contributed by atoms with van der Waals surface area (Å²) in [6.07, 6.45) is 1.67. The Labute approximate surface area is 126 Å². The first-order valence-electron chi connectivity index (χ1n) is 7.60. The van der Waals surface area contributed by atoms with Crippen LogP contribution in [0, 0.1) is 16.7 Å². The summed E-state index contributed by atoms with van der Waals surface area (Å²) >= 11 is 0. The average Bonchev–Trinajstić information content (AvgIpc) is 2.58. The quantitative estimate of drug-likeness (QED) is 0.820. The molecule has 0 aromatic heterocycles. The fourth-order valence-electron chi connectivity index (χ4n) is 4.36. The van der Waals surface area contributed by atoms with Gasteiger partial charge in [0.05, 0.1) is 0 Å². The van der Waals surface area contributed by atoms with E-state index >= 15 is 0 Å². The number of nitrogens with one attached hydrogen (secondary N) is 1. The van der Waals surface area contributed by atoms with Crippen molar-refractivity contribution in [3.05, 3.63) is 0 Å². The van der Waals surface area contributed by atoms with Gasteiger partial charge in [0.25, 0.3) is 0 Å². The number of hydrogen-bond donors (Lipinski definition) is 2. The van der Waals surface area contributed by atoms with Gasteiger partial charge in [0.1, 0.15) is 11.1 Å². The summed E-state index contributed by atoms with van der Waals surface area (Å²) in [5.41, 5.74) is -2.45. The number of hydrogen-bond acceptors (Lipinski definition) is 3. The van der Waals surface area contributed by atoms with E-state index in [2.05, 4.69) is 19.2 Å². The van der Waals surface area contributed by atoms with Crippen LogP contribution in [0.1, 0.15) is 60.8 Å². The van der Waals surface area contributed by atoms with E-state index in [1.54, 1.807) is 20.8 Å². The smallest absolute Gasteiger partial charge is 0.408 e. The minimum atomic E-state index is -1.23. The van der Waals surface area contributed by atoms with Crippen molar-refractivity contribution >= 4 is 12.1 Å². The Kier molecular flexibility index (Phi) is 3.35. The molecule has 2 N–H and O–H groups in total. The molecule has 5 heteroatoms. The van der Waals surface area contributed by atoms with Crippen LogP contribution in [0.2, 0.25) is 0 Å². The summed E-state index contributed by atoms with van der Waals surface area (Å²) in [7, 11) is 0. The molecule has 5 nitrogen and oxygen atoms in total. The van der Waals surface area contributed by atoms with Crippen molar-refractivity contribution in [2.75, 3.05) is 0 Å². The maximum absolute atomic E-state index is 12.2. The van der Waals surface area contributed by atoms with Crippen LogP contribution in [0.15, 0.2) is 0 Å². The van der Waals surface area contributed by atoms with Crippen LogP contribution in [0.5, 0.6) is 0 Å². The maximum Gasteiger partial charge on any atom is 0.408 e. The zero-order valence-electron chi connectivity index (χ0n) is 13.9. The first kappa shape index (κ1) is 16.1. The second kappa shape index (κ2) is 4.37. The van der Waals surface area contributed by atoms with Gasteiger partial charge >= 0.3 is 12.1 Å². The molecule has 0 aliphatic heterocycles. The Bertz CT molecular complexity index is 479. The van der Waals surface area contributed by atoms with Gasteiger partial charge in [0, 0.05) is 5.41 Å². The van der Waals surface area contributed by atoms with Crippen molar-refractivity contribution in [2.24, 2.45) is 16.7 Å². The number of carbonyl (C=O) groups excluding carboxylic acids is 1. The Morgan fingerprint density at radius 1 is 1.24 bits per heavy atom. The molecule has 0 radical (unpaired) electrons. The molecule has 2 rings (SSSR count). The van der Waals surface area contributed by atoms with E-state index < -0.39 is 28.6 Å². The molecule has 2 fully saturated rings. The fourth-order valence-corrected chi connectivity index (χ4v) is 4.36. The van der Waals surface area contributed by atoms with Crippen LogP contribution in [-0.2, 0) is 9.53 Å². The summed E-state index contributed by atoms with van der Waals surface area (Å²) < 4.78 is 5.28. The molecule has 0 aromatic rings. The number of alkyl carbamates (subject to hydrolysis) is 1. The van der Waals surface area contributed by atoms with Gasteiger partial charge in [-0.3, -0.25) is 0 Å². The van der Waals surface area contributed by atoms with Crippen molar-refractivity contribution < 1.29 is 19.4 Å². The van der Waals surface area contributed by atoms with Crippen molar-refractivity contribution in [1.29, 1.82) is 0 Å². The highest BCUT2D eigenvalue weighted by Crippen LogP contribution is 2.69. The van der Waals surface area contributed by atoms with Gasteiger partial charge in [-0.05, 0) is 51.4 Å². The van der Waals surface area contributed by atoms with Gasteiger partial charge in [0.2, 0.25) is 0 Å². The van der Waals surface area contributed by atoms with Gasteiger partial charge in [-0.15, -0.1) is 0 Å². The first-order chi connectivity index (χ1) is 9.36. The highest BCUT2D eigenvalue weighted by Gasteiger charge is 2.72.